The number of ketones is 1. The zero-order chi connectivity index (χ0) is 15.2. The van der Waals surface area contributed by atoms with Crippen LogP contribution in [-0.4, -0.2) is 12.0 Å². The highest BCUT2D eigenvalue weighted by Crippen LogP contribution is 2.24. The summed E-state index contributed by atoms with van der Waals surface area (Å²) in [5.74, 6) is -1.21. The van der Waals surface area contributed by atoms with Crippen molar-refractivity contribution < 1.29 is 9.18 Å². The highest BCUT2D eigenvalue weighted by Gasteiger charge is 2.24. The molecule has 0 fully saturated rings. The van der Waals surface area contributed by atoms with Gasteiger partial charge in [0.05, 0.1) is 12.0 Å². The highest BCUT2D eigenvalue weighted by molar-refractivity contribution is 9.10. The van der Waals surface area contributed by atoms with Gasteiger partial charge in [0.2, 0.25) is 0 Å². The van der Waals surface area contributed by atoms with Gasteiger partial charge in [-0.3, -0.25) is 4.79 Å². The van der Waals surface area contributed by atoms with E-state index in [1.54, 1.807) is 48.5 Å². The molecule has 0 bridgehead atoms. The van der Waals surface area contributed by atoms with E-state index in [1.807, 2.05) is 6.07 Å². The predicted octanol–water partition coefficient (Wildman–Crippen LogP) is 4.67. The van der Waals surface area contributed by atoms with Crippen LogP contribution in [0.3, 0.4) is 0 Å². The summed E-state index contributed by atoms with van der Waals surface area (Å²) in [7, 11) is 0. The van der Waals surface area contributed by atoms with Gasteiger partial charge < -0.3 is 0 Å². The van der Waals surface area contributed by atoms with Gasteiger partial charge in [-0.05, 0) is 17.7 Å². The van der Waals surface area contributed by atoms with E-state index in [9.17, 15) is 14.4 Å². The lowest BCUT2D eigenvalue weighted by atomic mass is 9.92. The maximum Gasteiger partial charge on any atom is 0.196 e. The summed E-state index contributed by atoms with van der Waals surface area (Å²) in [6.45, 7) is 0. The molecule has 0 spiro atoms. The van der Waals surface area contributed by atoms with Crippen LogP contribution in [-0.2, 0) is 0 Å². The number of alkyl halides is 1. The Balaban J connectivity index is 2.09. The molecule has 4 heteroatoms. The van der Waals surface area contributed by atoms with Crippen molar-refractivity contribution in [2.24, 2.45) is 0 Å². The molecule has 0 aliphatic carbocycles. The lowest BCUT2D eigenvalue weighted by Gasteiger charge is -2.12. The minimum Gasteiger partial charge on any atom is -0.291 e. The van der Waals surface area contributed by atoms with Crippen LogP contribution < -0.4 is 0 Å². The Hall–Kier alpha value is -1.99. The van der Waals surface area contributed by atoms with Gasteiger partial charge in [-0.15, -0.1) is 0 Å². The second-order valence-corrected chi connectivity index (χ2v) is 5.58. The van der Waals surface area contributed by atoms with Crippen LogP contribution in [0.25, 0.3) is 0 Å². The average Bonchev–Trinajstić information content (AvgIpc) is 2.53. The van der Waals surface area contributed by atoms with Gasteiger partial charge in [0.1, 0.15) is 0 Å². The zero-order valence-electron chi connectivity index (χ0n) is 11.2. The van der Waals surface area contributed by atoms with Gasteiger partial charge in [0, 0.05) is 16.5 Å². The largest absolute Gasteiger partial charge is 0.291 e. The fourth-order valence-corrected chi connectivity index (χ4v) is 2.32. The van der Waals surface area contributed by atoms with E-state index in [0.717, 1.165) is 10.0 Å². The van der Waals surface area contributed by atoms with Gasteiger partial charge >= 0.3 is 0 Å². The van der Waals surface area contributed by atoms with Gasteiger partial charge in [-0.1, -0.05) is 58.4 Å². The minimum absolute atomic E-state index is 0.130. The number of hydrogen-bond donors (Lipinski definition) is 0. The third kappa shape index (κ3) is 3.99. The Bertz CT molecular complexity index is 649. The van der Waals surface area contributed by atoms with Crippen LogP contribution in [0.4, 0.5) is 4.39 Å². The van der Waals surface area contributed by atoms with Gasteiger partial charge in [0.15, 0.2) is 12.0 Å². The lowest BCUT2D eigenvalue weighted by Crippen LogP contribution is -2.18. The first-order valence-electron chi connectivity index (χ1n) is 6.50. The van der Waals surface area contributed by atoms with E-state index in [-0.39, 0.29) is 6.42 Å². The number of Topliss-reactive ketones (excluding diaryl/α,β-unsaturated/α-hetero) is 1. The minimum atomic E-state index is -1.68. The van der Waals surface area contributed by atoms with E-state index in [0.29, 0.717) is 5.56 Å². The van der Waals surface area contributed by atoms with Gasteiger partial charge in [-0.25, -0.2) is 4.39 Å². The van der Waals surface area contributed by atoms with Crippen molar-refractivity contribution in [1.29, 1.82) is 5.26 Å². The van der Waals surface area contributed by atoms with Gasteiger partial charge in [0.25, 0.3) is 0 Å². The van der Waals surface area contributed by atoms with Crippen LogP contribution in [0.1, 0.15) is 28.3 Å². The number of nitriles is 1. The van der Waals surface area contributed by atoms with Crippen LogP contribution >= 0.6 is 15.9 Å². The molecule has 2 unspecified atom stereocenters. The summed E-state index contributed by atoms with van der Waals surface area (Å²) in [5, 5.41) is 9.18. The first kappa shape index (κ1) is 15.4. The molecule has 0 aliphatic heterocycles. The second kappa shape index (κ2) is 7.14. The maximum absolute atomic E-state index is 14.2. The van der Waals surface area contributed by atoms with Crippen LogP contribution in [0.15, 0.2) is 59.1 Å². The summed E-state index contributed by atoms with van der Waals surface area (Å²) in [4.78, 5) is 12.0. The normalized spacial score (nSPS) is 13.2. The predicted molar refractivity (Wildman–Crippen MR) is 82.8 cm³/mol. The zero-order valence-corrected chi connectivity index (χ0v) is 12.8. The van der Waals surface area contributed by atoms with Gasteiger partial charge in [-0.2, -0.15) is 5.26 Å². The molecule has 2 atom stereocenters. The number of rotatable bonds is 5. The smallest absolute Gasteiger partial charge is 0.196 e. The number of nitrogens with zero attached hydrogens (tertiary/aromatic N) is 1. The Morgan fingerprint density at radius 1 is 1.14 bits per heavy atom. The quantitative estimate of drug-likeness (QED) is 0.739. The van der Waals surface area contributed by atoms with Crippen LogP contribution in [0.5, 0.6) is 0 Å². The first-order valence-corrected chi connectivity index (χ1v) is 7.29. The number of hydrogen-bond acceptors (Lipinski definition) is 2. The van der Waals surface area contributed by atoms with Crippen molar-refractivity contribution in [2.45, 2.75) is 18.5 Å². The standard InChI is InChI=1S/C17H13BrFNO/c18-15-8-6-13(7-9-15)17(21)16(19)10-14(11-20)12-4-2-1-3-5-12/h1-9,14,16H,10H2. The fourth-order valence-electron chi connectivity index (χ4n) is 2.06. The highest BCUT2D eigenvalue weighted by atomic mass is 79.9. The third-order valence-electron chi connectivity index (χ3n) is 3.21. The summed E-state index contributed by atoms with van der Waals surface area (Å²) >= 11 is 3.27. The Labute approximate surface area is 131 Å². The second-order valence-electron chi connectivity index (χ2n) is 4.67. The number of benzene rings is 2. The Morgan fingerprint density at radius 3 is 2.33 bits per heavy atom. The molecule has 0 saturated carbocycles. The summed E-state index contributed by atoms with van der Waals surface area (Å²) in [6, 6.07) is 17.6. The Morgan fingerprint density at radius 2 is 1.76 bits per heavy atom. The molecular formula is C17H13BrFNO. The molecule has 2 aromatic carbocycles. The van der Waals surface area contributed by atoms with Crippen molar-refractivity contribution in [3.8, 4) is 6.07 Å². The average molecular weight is 346 g/mol. The molecular weight excluding hydrogens is 333 g/mol. The molecule has 21 heavy (non-hydrogen) atoms. The van der Waals surface area contributed by atoms with Crippen LogP contribution in [0.2, 0.25) is 0 Å². The molecule has 0 radical (unpaired) electrons. The fraction of sp³-hybridized carbons (Fsp3) is 0.176. The van der Waals surface area contributed by atoms with E-state index >= 15 is 0 Å². The third-order valence-corrected chi connectivity index (χ3v) is 3.74. The van der Waals surface area contributed by atoms with E-state index in [4.69, 9.17) is 0 Å². The monoisotopic (exact) mass is 345 g/mol. The molecule has 2 aromatic rings. The first-order chi connectivity index (χ1) is 10.1. The lowest BCUT2D eigenvalue weighted by molar-refractivity contribution is 0.0866. The topological polar surface area (TPSA) is 40.9 Å². The molecule has 0 N–H and O–H groups in total. The molecule has 0 aromatic heterocycles. The van der Waals surface area contributed by atoms with E-state index in [1.165, 1.54) is 0 Å². The van der Waals surface area contributed by atoms with E-state index in [2.05, 4.69) is 22.0 Å². The molecule has 2 nitrogen and oxygen atoms in total. The number of carbonyl (C=O) groups is 1. The van der Waals surface area contributed by atoms with Crippen molar-refractivity contribution in [3.63, 3.8) is 0 Å². The molecule has 0 saturated heterocycles. The Kier molecular flexibility index (Phi) is 5.24. The SMILES string of the molecule is N#CC(CC(F)C(=O)c1ccc(Br)cc1)c1ccccc1. The molecule has 0 amide bonds. The molecule has 0 aliphatic rings. The van der Waals surface area contributed by atoms with E-state index < -0.39 is 17.9 Å². The molecule has 0 heterocycles. The summed E-state index contributed by atoms with van der Waals surface area (Å²) in [5.41, 5.74) is 1.04. The molecule has 106 valence electrons. The number of halogens is 2. The van der Waals surface area contributed by atoms with Crippen LogP contribution in [0, 0.1) is 11.3 Å². The number of carbonyl (C=O) groups excluding carboxylic acids is 1. The van der Waals surface area contributed by atoms with Crippen molar-refractivity contribution in [3.05, 3.63) is 70.2 Å². The summed E-state index contributed by atoms with van der Waals surface area (Å²) in [6.07, 6.45) is -1.81. The van der Waals surface area contributed by atoms with Crippen molar-refractivity contribution in [2.75, 3.05) is 0 Å². The van der Waals surface area contributed by atoms with Crippen molar-refractivity contribution >= 4 is 21.7 Å². The molecule has 2 rings (SSSR count). The maximum atomic E-state index is 14.2. The van der Waals surface area contributed by atoms with Crippen molar-refractivity contribution in [1.82, 2.24) is 0 Å². The summed E-state index contributed by atoms with van der Waals surface area (Å²) < 4.78 is 15.0.